The number of rotatable bonds is 10. The third-order valence-electron chi connectivity index (χ3n) is 6.00. The highest BCUT2D eigenvalue weighted by atomic mass is 32.2. The Morgan fingerprint density at radius 2 is 1.57 bits per heavy atom. The Morgan fingerprint density at radius 3 is 2.30 bits per heavy atom. The summed E-state index contributed by atoms with van der Waals surface area (Å²) in [6, 6.07) is 27.1. The predicted molar refractivity (Wildman–Crippen MR) is 161 cm³/mol. The number of anilines is 2. The first kappa shape index (κ1) is 28.3. The van der Waals surface area contributed by atoms with Crippen molar-refractivity contribution in [2.24, 2.45) is 0 Å². The number of amides is 3. The van der Waals surface area contributed by atoms with E-state index in [1.54, 1.807) is 60.9 Å². The minimum Gasteiger partial charge on any atom is -0.325 e. The summed E-state index contributed by atoms with van der Waals surface area (Å²) in [5.41, 5.74) is 3.58. The number of carbonyl (C=O) groups is 3. The highest BCUT2D eigenvalue weighted by molar-refractivity contribution is 8.00. The van der Waals surface area contributed by atoms with E-state index in [1.165, 1.54) is 11.8 Å². The smallest absolute Gasteiger partial charge is 0.272 e. The Labute approximate surface area is 238 Å². The van der Waals surface area contributed by atoms with Crippen molar-refractivity contribution in [1.29, 1.82) is 0 Å². The molecule has 40 heavy (non-hydrogen) atoms. The summed E-state index contributed by atoms with van der Waals surface area (Å²) in [4.78, 5) is 44.0. The summed E-state index contributed by atoms with van der Waals surface area (Å²) in [5, 5.41) is 8.25. The van der Waals surface area contributed by atoms with Crippen LogP contribution in [0.2, 0.25) is 0 Å². The Kier molecular flexibility index (Phi) is 9.85. The first-order chi connectivity index (χ1) is 19.4. The second-order valence-electron chi connectivity index (χ2n) is 8.96. The van der Waals surface area contributed by atoms with Gasteiger partial charge in [0.05, 0.1) is 5.25 Å². The molecular formula is C32H30N4O3S. The molecule has 7 nitrogen and oxygen atoms in total. The van der Waals surface area contributed by atoms with Gasteiger partial charge in [-0.05, 0) is 73.0 Å². The quantitative estimate of drug-likeness (QED) is 0.159. The molecule has 4 aromatic rings. The van der Waals surface area contributed by atoms with E-state index in [1.807, 2.05) is 62.4 Å². The SMILES string of the molecule is CCC(Sc1cccc(NC(=O)/C(=C/c2ccccc2C)NC(=O)c2ccccc2)c1)C(=O)Nc1ccncc1. The summed E-state index contributed by atoms with van der Waals surface area (Å²) >= 11 is 1.41. The van der Waals surface area contributed by atoms with Gasteiger partial charge in [-0.15, -0.1) is 11.8 Å². The number of nitrogens with one attached hydrogen (secondary N) is 3. The minimum atomic E-state index is -0.461. The summed E-state index contributed by atoms with van der Waals surface area (Å²) in [6.07, 6.45) is 5.54. The monoisotopic (exact) mass is 550 g/mol. The van der Waals surface area contributed by atoms with Crippen LogP contribution in [0, 0.1) is 6.92 Å². The lowest BCUT2D eigenvalue weighted by molar-refractivity contribution is -0.116. The lowest BCUT2D eigenvalue weighted by Gasteiger charge is -2.16. The highest BCUT2D eigenvalue weighted by Crippen LogP contribution is 2.29. The summed E-state index contributed by atoms with van der Waals surface area (Å²) in [6.45, 7) is 3.89. The van der Waals surface area contributed by atoms with E-state index in [-0.39, 0.29) is 22.8 Å². The normalized spacial score (nSPS) is 11.8. The van der Waals surface area contributed by atoms with E-state index >= 15 is 0 Å². The van der Waals surface area contributed by atoms with Crippen LogP contribution < -0.4 is 16.0 Å². The standard InChI is InChI=1S/C32H30N4O3S/c1-3-29(32(39)34-25-16-18-33-19-17-25)40-27-15-9-14-26(21-27)35-31(38)28(20-24-13-8-7-10-22(24)2)36-30(37)23-11-5-4-6-12-23/h4-21,29H,3H2,1-2H3,(H,35,38)(H,36,37)(H,33,34,39)/b28-20-. The van der Waals surface area contributed by atoms with E-state index in [2.05, 4.69) is 20.9 Å². The van der Waals surface area contributed by atoms with Crippen molar-refractivity contribution in [3.63, 3.8) is 0 Å². The minimum absolute atomic E-state index is 0.111. The average Bonchev–Trinajstić information content (AvgIpc) is 2.97. The number of pyridine rings is 1. The number of benzene rings is 3. The molecule has 1 unspecified atom stereocenters. The van der Waals surface area contributed by atoms with Gasteiger partial charge in [0.15, 0.2) is 0 Å². The van der Waals surface area contributed by atoms with Gasteiger partial charge in [-0.3, -0.25) is 19.4 Å². The second-order valence-corrected chi connectivity index (χ2v) is 10.2. The number of carbonyl (C=O) groups excluding carboxylic acids is 3. The fraction of sp³-hybridized carbons (Fsp3) is 0.125. The van der Waals surface area contributed by atoms with Gasteiger partial charge in [-0.2, -0.15) is 0 Å². The Balaban J connectivity index is 1.51. The molecule has 0 aliphatic heterocycles. The zero-order valence-electron chi connectivity index (χ0n) is 22.3. The molecular weight excluding hydrogens is 520 g/mol. The fourth-order valence-electron chi connectivity index (χ4n) is 3.84. The van der Waals surface area contributed by atoms with Gasteiger partial charge in [0, 0.05) is 34.2 Å². The lowest BCUT2D eigenvalue weighted by Crippen LogP contribution is -2.30. The van der Waals surface area contributed by atoms with Crippen molar-refractivity contribution in [3.8, 4) is 0 Å². The van der Waals surface area contributed by atoms with E-state index in [4.69, 9.17) is 0 Å². The second kappa shape index (κ2) is 13.9. The van der Waals surface area contributed by atoms with Crippen molar-refractivity contribution in [2.45, 2.75) is 30.4 Å². The van der Waals surface area contributed by atoms with Crippen molar-refractivity contribution >= 4 is 46.9 Å². The summed E-state index contributed by atoms with van der Waals surface area (Å²) in [7, 11) is 0. The van der Waals surface area contributed by atoms with Crippen molar-refractivity contribution in [1.82, 2.24) is 10.3 Å². The zero-order valence-corrected chi connectivity index (χ0v) is 23.1. The average molecular weight is 551 g/mol. The Hall–Kier alpha value is -4.69. The van der Waals surface area contributed by atoms with E-state index < -0.39 is 5.91 Å². The van der Waals surface area contributed by atoms with Gasteiger partial charge >= 0.3 is 0 Å². The molecule has 1 aromatic heterocycles. The molecule has 3 amide bonds. The molecule has 0 radical (unpaired) electrons. The molecule has 4 rings (SSSR count). The largest absolute Gasteiger partial charge is 0.325 e. The fourth-order valence-corrected chi connectivity index (χ4v) is 4.85. The van der Waals surface area contributed by atoms with Gasteiger partial charge in [-0.1, -0.05) is 55.5 Å². The molecule has 0 fully saturated rings. The van der Waals surface area contributed by atoms with Crippen molar-refractivity contribution in [2.75, 3.05) is 10.6 Å². The van der Waals surface area contributed by atoms with Crippen LogP contribution in [-0.2, 0) is 9.59 Å². The highest BCUT2D eigenvalue weighted by Gasteiger charge is 2.19. The molecule has 0 aliphatic rings. The molecule has 0 bridgehead atoms. The zero-order chi connectivity index (χ0) is 28.3. The maximum absolute atomic E-state index is 13.4. The molecule has 0 spiro atoms. The van der Waals surface area contributed by atoms with Gasteiger partial charge in [0.25, 0.3) is 11.8 Å². The third kappa shape index (κ3) is 7.91. The molecule has 0 saturated carbocycles. The van der Waals surface area contributed by atoms with Crippen LogP contribution in [0.1, 0.15) is 34.8 Å². The number of hydrogen-bond donors (Lipinski definition) is 3. The summed E-state index contributed by atoms with van der Waals surface area (Å²) in [5.74, 6) is -0.955. The Morgan fingerprint density at radius 1 is 0.850 bits per heavy atom. The predicted octanol–water partition coefficient (Wildman–Crippen LogP) is 6.31. The number of thioether (sulfide) groups is 1. The van der Waals surface area contributed by atoms with E-state index in [0.717, 1.165) is 16.0 Å². The first-order valence-corrected chi connectivity index (χ1v) is 13.7. The van der Waals surface area contributed by atoms with E-state index in [0.29, 0.717) is 23.4 Å². The van der Waals surface area contributed by atoms with Gasteiger partial charge in [0.2, 0.25) is 5.91 Å². The maximum Gasteiger partial charge on any atom is 0.272 e. The molecule has 1 heterocycles. The van der Waals surface area contributed by atoms with Crippen LogP contribution in [0.25, 0.3) is 6.08 Å². The molecule has 202 valence electrons. The van der Waals surface area contributed by atoms with Crippen LogP contribution in [0.3, 0.4) is 0 Å². The molecule has 1 atom stereocenters. The van der Waals surface area contributed by atoms with Crippen LogP contribution in [0.15, 0.2) is 114 Å². The number of aromatic nitrogens is 1. The molecule has 3 aromatic carbocycles. The van der Waals surface area contributed by atoms with E-state index in [9.17, 15) is 14.4 Å². The molecule has 8 heteroatoms. The number of nitrogens with zero attached hydrogens (tertiary/aromatic N) is 1. The molecule has 0 saturated heterocycles. The topological polar surface area (TPSA) is 100 Å². The van der Waals surface area contributed by atoms with Crippen molar-refractivity contribution < 1.29 is 14.4 Å². The van der Waals surface area contributed by atoms with Crippen molar-refractivity contribution in [3.05, 3.63) is 126 Å². The summed E-state index contributed by atoms with van der Waals surface area (Å²) < 4.78 is 0. The van der Waals surface area contributed by atoms with Crippen LogP contribution in [0.5, 0.6) is 0 Å². The number of aryl methyl sites for hydroxylation is 1. The third-order valence-corrected chi connectivity index (χ3v) is 7.36. The molecule has 3 N–H and O–H groups in total. The maximum atomic E-state index is 13.4. The van der Waals surface area contributed by atoms with Crippen LogP contribution in [-0.4, -0.2) is 28.0 Å². The van der Waals surface area contributed by atoms with Crippen LogP contribution >= 0.6 is 11.8 Å². The number of hydrogen-bond acceptors (Lipinski definition) is 5. The lowest BCUT2D eigenvalue weighted by atomic mass is 10.1. The van der Waals surface area contributed by atoms with Gasteiger partial charge in [0.1, 0.15) is 5.70 Å². The van der Waals surface area contributed by atoms with Gasteiger partial charge in [-0.25, -0.2) is 0 Å². The first-order valence-electron chi connectivity index (χ1n) is 12.9. The van der Waals surface area contributed by atoms with Gasteiger partial charge < -0.3 is 16.0 Å². The molecule has 0 aliphatic carbocycles. The Bertz CT molecular complexity index is 1510. The van der Waals surface area contributed by atoms with Crippen LogP contribution in [0.4, 0.5) is 11.4 Å².